The number of para-hydroxylation sites is 1. The Morgan fingerprint density at radius 2 is 1.84 bits per heavy atom. The first kappa shape index (κ1) is 25.1. The highest BCUT2D eigenvalue weighted by molar-refractivity contribution is 7.80. The number of benzene rings is 2. The Morgan fingerprint density at radius 3 is 2.55 bits per heavy atom. The molecule has 1 fully saturated rings. The Kier molecular flexibility index (Phi) is 7.14. The minimum Gasteiger partial charge on any atom is -0.352 e. The van der Waals surface area contributed by atoms with Crippen LogP contribution in [0.3, 0.4) is 0 Å². The summed E-state index contributed by atoms with van der Waals surface area (Å²) in [6, 6.07) is 23.2. The number of aromatic nitrogens is 2. The summed E-state index contributed by atoms with van der Waals surface area (Å²) < 4.78 is 1.99. The molecule has 192 valence electrons. The molecular weight excluding hydrogens is 500 g/mol. The summed E-state index contributed by atoms with van der Waals surface area (Å²) in [6.07, 6.45) is 3.89. The van der Waals surface area contributed by atoms with Crippen LogP contribution in [0.5, 0.6) is 0 Å². The van der Waals surface area contributed by atoms with Crippen LogP contribution in [0.4, 0.5) is 11.4 Å². The maximum Gasteiger partial charge on any atom is 0.269 e. The van der Waals surface area contributed by atoms with Crippen molar-refractivity contribution in [3.8, 4) is 5.69 Å². The van der Waals surface area contributed by atoms with E-state index in [1.165, 1.54) is 12.1 Å². The van der Waals surface area contributed by atoms with Crippen molar-refractivity contribution in [2.45, 2.75) is 25.4 Å². The molecule has 2 aromatic heterocycles. The van der Waals surface area contributed by atoms with E-state index in [2.05, 4.69) is 15.6 Å². The SMILES string of the molecule is Cc1ccccc1NC(=O)CCN1C(=S)N[C@@H](c2ccccn2)[C@@H]1c1cccn1-c1ccc([N+](=O)[O-])cc1. The Morgan fingerprint density at radius 1 is 1.08 bits per heavy atom. The van der Waals surface area contributed by atoms with E-state index in [1.54, 1.807) is 18.3 Å². The maximum absolute atomic E-state index is 12.9. The molecular formula is C28H26N6O3S. The molecule has 5 rings (SSSR count). The number of nitro groups is 1. The smallest absolute Gasteiger partial charge is 0.269 e. The number of nitrogens with one attached hydrogen (secondary N) is 2. The highest BCUT2D eigenvalue weighted by Crippen LogP contribution is 2.39. The Bertz CT molecular complexity index is 1470. The van der Waals surface area contributed by atoms with Gasteiger partial charge in [-0.15, -0.1) is 0 Å². The molecule has 0 bridgehead atoms. The van der Waals surface area contributed by atoms with Gasteiger partial charge in [0.05, 0.1) is 22.7 Å². The van der Waals surface area contributed by atoms with Gasteiger partial charge in [0.25, 0.3) is 5.69 Å². The number of pyridine rings is 1. The van der Waals surface area contributed by atoms with Crippen molar-refractivity contribution in [1.29, 1.82) is 0 Å². The Labute approximate surface area is 225 Å². The third-order valence-corrected chi connectivity index (χ3v) is 6.97. The lowest BCUT2D eigenvalue weighted by Gasteiger charge is -2.29. The zero-order chi connectivity index (χ0) is 26.6. The molecule has 38 heavy (non-hydrogen) atoms. The molecule has 4 aromatic rings. The third-order valence-electron chi connectivity index (χ3n) is 6.62. The first-order valence-corrected chi connectivity index (χ1v) is 12.6. The van der Waals surface area contributed by atoms with Gasteiger partial charge in [0.2, 0.25) is 5.91 Å². The average molecular weight is 527 g/mol. The van der Waals surface area contributed by atoms with Gasteiger partial charge in [-0.2, -0.15) is 0 Å². The molecule has 9 nitrogen and oxygen atoms in total. The van der Waals surface area contributed by atoms with E-state index in [0.717, 1.165) is 28.3 Å². The van der Waals surface area contributed by atoms with Crippen molar-refractivity contribution >= 4 is 34.6 Å². The maximum atomic E-state index is 12.9. The molecule has 2 N–H and O–H groups in total. The van der Waals surface area contributed by atoms with Crippen LogP contribution < -0.4 is 10.6 Å². The second-order valence-corrected chi connectivity index (χ2v) is 9.40. The number of anilines is 1. The number of thiocarbonyl (C=S) groups is 1. The fourth-order valence-electron chi connectivity index (χ4n) is 4.72. The molecule has 2 atom stereocenters. The van der Waals surface area contributed by atoms with Gasteiger partial charge >= 0.3 is 0 Å². The highest BCUT2D eigenvalue weighted by atomic mass is 32.1. The van der Waals surface area contributed by atoms with Crippen molar-refractivity contribution in [2.24, 2.45) is 0 Å². The summed E-state index contributed by atoms with van der Waals surface area (Å²) >= 11 is 5.75. The predicted octanol–water partition coefficient (Wildman–Crippen LogP) is 5.09. The normalized spacial score (nSPS) is 16.8. The number of carbonyl (C=O) groups is 1. The van der Waals surface area contributed by atoms with Crippen LogP contribution in [-0.4, -0.2) is 36.9 Å². The quantitative estimate of drug-likeness (QED) is 0.187. The highest BCUT2D eigenvalue weighted by Gasteiger charge is 2.41. The van der Waals surface area contributed by atoms with Crippen LogP contribution in [0.2, 0.25) is 0 Å². The molecule has 0 spiro atoms. The van der Waals surface area contributed by atoms with E-state index in [-0.39, 0.29) is 30.1 Å². The van der Waals surface area contributed by atoms with Crippen LogP contribution in [0, 0.1) is 17.0 Å². The van der Waals surface area contributed by atoms with Crippen molar-refractivity contribution in [3.05, 3.63) is 118 Å². The second-order valence-electron chi connectivity index (χ2n) is 9.01. The van der Waals surface area contributed by atoms with Gasteiger partial charge in [0, 0.05) is 54.6 Å². The fourth-order valence-corrected chi connectivity index (χ4v) is 5.05. The van der Waals surface area contributed by atoms with E-state index >= 15 is 0 Å². The average Bonchev–Trinajstić information content (AvgIpc) is 3.53. The molecule has 0 aliphatic carbocycles. The van der Waals surface area contributed by atoms with E-state index in [0.29, 0.717) is 11.7 Å². The van der Waals surface area contributed by atoms with Gasteiger partial charge in [-0.05, 0) is 67.2 Å². The van der Waals surface area contributed by atoms with E-state index in [1.807, 2.05) is 77.2 Å². The summed E-state index contributed by atoms with van der Waals surface area (Å²) in [4.78, 5) is 30.2. The molecule has 0 saturated carbocycles. The molecule has 1 aliphatic heterocycles. The summed E-state index contributed by atoms with van der Waals surface area (Å²) in [7, 11) is 0. The van der Waals surface area contributed by atoms with Gasteiger partial charge in [-0.1, -0.05) is 24.3 Å². The number of non-ortho nitro benzene ring substituents is 1. The molecule has 0 unspecified atom stereocenters. The molecule has 10 heteroatoms. The van der Waals surface area contributed by atoms with Gasteiger partial charge in [-0.25, -0.2) is 0 Å². The lowest BCUT2D eigenvalue weighted by molar-refractivity contribution is -0.384. The first-order valence-electron chi connectivity index (χ1n) is 12.2. The topological polar surface area (TPSA) is 105 Å². The number of aryl methyl sites for hydroxylation is 1. The summed E-state index contributed by atoms with van der Waals surface area (Å²) in [5.41, 5.74) is 4.33. The van der Waals surface area contributed by atoms with Crippen LogP contribution in [0.1, 0.15) is 35.5 Å². The van der Waals surface area contributed by atoms with Gasteiger partial charge in [0.15, 0.2) is 5.11 Å². The van der Waals surface area contributed by atoms with E-state index in [4.69, 9.17) is 12.2 Å². The van der Waals surface area contributed by atoms with Gasteiger partial charge in [0.1, 0.15) is 0 Å². The molecule has 1 amide bonds. The number of amides is 1. The summed E-state index contributed by atoms with van der Waals surface area (Å²) in [5.74, 6) is -0.104. The summed E-state index contributed by atoms with van der Waals surface area (Å²) in [5, 5.41) is 18.1. The monoisotopic (exact) mass is 526 g/mol. The second kappa shape index (κ2) is 10.8. The van der Waals surface area contributed by atoms with Crippen LogP contribution in [0.25, 0.3) is 5.69 Å². The van der Waals surface area contributed by atoms with Crippen molar-refractivity contribution in [3.63, 3.8) is 0 Å². The molecule has 1 saturated heterocycles. The minimum atomic E-state index is -0.416. The number of carbonyl (C=O) groups excluding carboxylic acids is 1. The number of nitro benzene ring substituents is 1. The van der Waals surface area contributed by atoms with E-state index < -0.39 is 4.92 Å². The number of hydrogen-bond acceptors (Lipinski definition) is 5. The Balaban J connectivity index is 1.45. The van der Waals surface area contributed by atoms with Gasteiger partial charge in [-0.3, -0.25) is 19.9 Å². The summed E-state index contributed by atoms with van der Waals surface area (Å²) in [6.45, 7) is 2.35. The van der Waals surface area contributed by atoms with Crippen molar-refractivity contribution in [1.82, 2.24) is 19.8 Å². The zero-order valence-electron chi connectivity index (χ0n) is 20.7. The predicted molar refractivity (Wildman–Crippen MR) is 149 cm³/mol. The molecule has 0 radical (unpaired) electrons. The Hall–Kier alpha value is -4.57. The van der Waals surface area contributed by atoms with Crippen molar-refractivity contribution < 1.29 is 9.72 Å². The lowest BCUT2D eigenvalue weighted by Crippen LogP contribution is -2.33. The zero-order valence-corrected chi connectivity index (χ0v) is 21.5. The number of nitrogens with zero attached hydrogens (tertiary/aromatic N) is 4. The van der Waals surface area contributed by atoms with E-state index in [9.17, 15) is 14.9 Å². The van der Waals surface area contributed by atoms with Crippen LogP contribution in [0.15, 0.2) is 91.3 Å². The number of rotatable bonds is 8. The standard InChI is InChI=1S/C28H26N6O3S/c1-19-7-2-3-8-22(19)30-25(35)15-18-33-27(26(31-28(33)38)23-9-4-5-16-29-23)24-10-6-17-32(24)20-11-13-21(14-12-20)34(36)37/h2-14,16-17,26-27H,15,18H2,1H3,(H,30,35)(H,31,38)/t26-,27-/m0/s1. The van der Waals surface area contributed by atoms with Crippen LogP contribution >= 0.6 is 12.2 Å². The largest absolute Gasteiger partial charge is 0.352 e. The van der Waals surface area contributed by atoms with Crippen LogP contribution in [-0.2, 0) is 4.79 Å². The lowest BCUT2D eigenvalue weighted by atomic mass is 10.0. The third kappa shape index (κ3) is 5.12. The molecule has 2 aromatic carbocycles. The van der Waals surface area contributed by atoms with Crippen molar-refractivity contribution in [2.75, 3.05) is 11.9 Å². The first-order chi connectivity index (χ1) is 18.4. The minimum absolute atomic E-state index is 0.0267. The molecule has 1 aliphatic rings. The fraction of sp³-hybridized carbons (Fsp3) is 0.179. The number of hydrogen-bond donors (Lipinski definition) is 2. The van der Waals surface area contributed by atoms with Gasteiger partial charge < -0.3 is 20.1 Å². The molecule has 3 heterocycles.